The summed E-state index contributed by atoms with van der Waals surface area (Å²) in [4.78, 5) is 26.9. The van der Waals surface area contributed by atoms with Crippen molar-refractivity contribution in [1.29, 1.82) is 0 Å². The van der Waals surface area contributed by atoms with Crippen molar-refractivity contribution in [3.05, 3.63) is 65.7 Å². The van der Waals surface area contributed by atoms with E-state index in [0.717, 1.165) is 12.0 Å². The molecule has 1 amide bonds. The Kier molecular flexibility index (Phi) is 5.33. The van der Waals surface area contributed by atoms with Crippen LogP contribution in [0.15, 0.2) is 54.6 Å². The molecular weight excluding hydrogens is 318 g/mol. The van der Waals surface area contributed by atoms with Gasteiger partial charge in [-0.1, -0.05) is 42.5 Å². The molecule has 2 aromatic rings. The quantitative estimate of drug-likeness (QED) is 0.786. The zero-order valence-corrected chi connectivity index (χ0v) is 14.2. The monoisotopic (exact) mass is 339 g/mol. The molecule has 1 atom stereocenters. The van der Waals surface area contributed by atoms with Gasteiger partial charge >= 0.3 is 5.97 Å². The fourth-order valence-electron chi connectivity index (χ4n) is 3.06. The SMILES string of the molecule is COc1ccccc1C(=O)N1CCCC1C(=O)OCc1ccccc1. The standard InChI is InChI=1S/C20H21NO4/c1-24-18-12-6-5-10-16(18)19(22)21-13-7-11-17(21)20(23)25-14-15-8-3-2-4-9-15/h2-6,8-10,12,17H,7,11,13-14H2,1H3. The minimum atomic E-state index is -0.541. The first kappa shape index (κ1) is 17.0. The number of amides is 1. The Labute approximate surface area is 147 Å². The van der Waals surface area contributed by atoms with Crippen molar-refractivity contribution < 1.29 is 19.1 Å². The minimum Gasteiger partial charge on any atom is -0.496 e. The van der Waals surface area contributed by atoms with Gasteiger partial charge in [0.25, 0.3) is 5.91 Å². The van der Waals surface area contributed by atoms with Crippen LogP contribution in [0.25, 0.3) is 0 Å². The highest BCUT2D eigenvalue weighted by atomic mass is 16.5. The normalized spacial score (nSPS) is 16.5. The van der Waals surface area contributed by atoms with E-state index in [-0.39, 0.29) is 18.5 Å². The number of likely N-dealkylation sites (tertiary alicyclic amines) is 1. The Hall–Kier alpha value is -2.82. The highest BCUT2D eigenvalue weighted by Crippen LogP contribution is 2.25. The number of carbonyl (C=O) groups excluding carboxylic acids is 2. The molecule has 0 bridgehead atoms. The summed E-state index contributed by atoms with van der Waals surface area (Å²) in [6.45, 7) is 0.759. The predicted molar refractivity (Wildman–Crippen MR) is 93.3 cm³/mol. The molecule has 1 unspecified atom stereocenters. The van der Waals surface area contributed by atoms with Crippen LogP contribution in [0.1, 0.15) is 28.8 Å². The van der Waals surface area contributed by atoms with Crippen LogP contribution < -0.4 is 4.74 Å². The lowest BCUT2D eigenvalue weighted by molar-refractivity contribution is -0.149. The summed E-state index contributed by atoms with van der Waals surface area (Å²) in [5.41, 5.74) is 1.39. The van der Waals surface area contributed by atoms with Crippen LogP contribution in [0, 0.1) is 0 Å². The maximum absolute atomic E-state index is 12.9. The second-order valence-electron chi connectivity index (χ2n) is 5.95. The Morgan fingerprint density at radius 1 is 1.08 bits per heavy atom. The van der Waals surface area contributed by atoms with E-state index in [1.165, 1.54) is 7.11 Å². The molecule has 1 heterocycles. The van der Waals surface area contributed by atoms with Crippen LogP contribution in [0.4, 0.5) is 0 Å². The Bertz CT molecular complexity index is 744. The van der Waals surface area contributed by atoms with Crippen molar-refractivity contribution in [2.45, 2.75) is 25.5 Å². The van der Waals surface area contributed by atoms with Crippen molar-refractivity contribution in [3.63, 3.8) is 0 Å². The molecule has 0 aromatic heterocycles. The number of hydrogen-bond acceptors (Lipinski definition) is 4. The number of rotatable bonds is 5. The van der Waals surface area contributed by atoms with Crippen LogP contribution in [0.2, 0.25) is 0 Å². The third kappa shape index (κ3) is 3.82. The molecule has 2 aromatic carbocycles. The lowest BCUT2D eigenvalue weighted by atomic mass is 10.1. The molecule has 1 aliphatic heterocycles. The fourth-order valence-corrected chi connectivity index (χ4v) is 3.06. The lowest BCUT2D eigenvalue weighted by Crippen LogP contribution is -2.41. The van der Waals surface area contributed by atoms with Gasteiger partial charge in [-0.05, 0) is 30.5 Å². The van der Waals surface area contributed by atoms with E-state index in [2.05, 4.69) is 0 Å². The summed E-state index contributed by atoms with van der Waals surface area (Å²) in [6, 6.07) is 16.0. The van der Waals surface area contributed by atoms with Crippen molar-refractivity contribution in [1.82, 2.24) is 4.90 Å². The largest absolute Gasteiger partial charge is 0.496 e. The Morgan fingerprint density at radius 2 is 1.80 bits per heavy atom. The zero-order chi connectivity index (χ0) is 17.6. The average molecular weight is 339 g/mol. The number of benzene rings is 2. The van der Waals surface area contributed by atoms with Crippen molar-refractivity contribution in [2.24, 2.45) is 0 Å². The van der Waals surface area contributed by atoms with Gasteiger partial charge in [0.05, 0.1) is 12.7 Å². The van der Waals surface area contributed by atoms with Gasteiger partial charge in [-0.3, -0.25) is 4.79 Å². The first-order chi connectivity index (χ1) is 12.2. The van der Waals surface area contributed by atoms with Crippen LogP contribution in [-0.4, -0.2) is 36.5 Å². The van der Waals surface area contributed by atoms with E-state index in [1.54, 1.807) is 23.1 Å². The minimum absolute atomic E-state index is 0.198. The van der Waals surface area contributed by atoms with Gasteiger partial charge in [0, 0.05) is 6.54 Å². The summed E-state index contributed by atoms with van der Waals surface area (Å²) >= 11 is 0. The topological polar surface area (TPSA) is 55.8 Å². The highest BCUT2D eigenvalue weighted by Gasteiger charge is 2.36. The second kappa shape index (κ2) is 7.83. The Balaban J connectivity index is 1.69. The van der Waals surface area contributed by atoms with E-state index in [0.29, 0.717) is 24.3 Å². The summed E-state index contributed by atoms with van der Waals surface area (Å²) in [6.07, 6.45) is 1.40. The van der Waals surface area contributed by atoms with Crippen molar-refractivity contribution in [2.75, 3.05) is 13.7 Å². The second-order valence-corrected chi connectivity index (χ2v) is 5.95. The summed E-state index contributed by atoms with van der Waals surface area (Å²) in [5.74, 6) is -0.0444. The van der Waals surface area contributed by atoms with Gasteiger partial charge in [0.15, 0.2) is 0 Å². The molecule has 5 nitrogen and oxygen atoms in total. The Morgan fingerprint density at radius 3 is 2.56 bits per heavy atom. The van der Waals surface area contributed by atoms with E-state index < -0.39 is 6.04 Å². The third-order valence-electron chi connectivity index (χ3n) is 4.35. The number of hydrogen-bond donors (Lipinski definition) is 0. The zero-order valence-electron chi connectivity index (χ0n) is 14.2. The number of carbonyl (C=O) groups is 2. The molecule has 1 saturated heterocycles. The number of nitrogens with zero attached hydrogens (tertiary/aromatic N) is 1. The van der Waals surface area contributed by atoms with Gasteiger partial charge < -0.3 is 14.4 Å². The van der Waals surface area contributed by atoms with E-state index in [1.807, 2.05) is 36.4 Å². The predicted octanol–water partition coefficient (Wildman–Crippen LogP) is 3.04. The van der Waals surface area contributed by atoms with Crippen LogP contribution in [0.3, 0.4) is 0 Å². The lowest BCUT2D eigenvalue weighted by Gasteiger charge is -2.24. The molecule has 5 heteroatoms. The van der Waals surface area contributed by atoms with Gasteiger partial charge in [-0.2, -0.15) is 0 Å². The summed E-state index contributed by atoms with van der Waals surface area (Å²) < 4.78 is 10.7. The van der Waals surface area contributed by atoms with Gasteiger partial charge in [-0.25, -0.2) is 4.79 Å². The van der Waals surface area contributed by atoms with Crippen LogP contribution >= 0.6 is 0 Å². The summed E-state index contributed by atoms with van der Waals surface area (Å²) in [5, 5.41) is 0. The maximum atomic E-state index is 12.9. The van der Waals surface area contributed by atoms with Gasteiger partial charge in [0.1, 0.15) is 18.4 Å². The molecular formula is C20H21NO4. The van der Waals surface area contributed by atoms with E-state index >= 15 is 0 Å². The number of esters is 1. The smallest absolute Gasteiger partial charge is 0.329 e. The molecule has 25 heavy (non-hydrogen) atoms. The van der Waals surface area contributed by atoms with E-state index in [4.69, 9.17) is 9.47 Å². The fraction of sp³-hybridized carbons (Fsp3) is 0.300. The van der Waals surface area contributed by atoms with Crippen molar-refractivity contribution >= 4 is 11.9 Å². The van der Waals surface area contributed by atoms with Gasteiger partial charge in [0.2, 0.25) is 0 Å². The van der Waals surface area contributed by atoms with Crippen LogP contribution in [-0.2, 0) is 16.1 Å². The molecule has 0 aliphatic carbocycles. The molecule has 1 fully saturated rings. The maximum Gasteiger partial charge on any atom is 0.329 e. The third-order valence-corrected chi connectivity index (χ3v) is 4.35. The summed E-state index contributed by atoms with van der Waals surface area (Å²) in [7, 11) is 1.53. The van der Waals surface area contributed by atoms with Crippen LogP contribution in [0.5, 0.6) is 5.75 Å². The molecule has 130 valence electrons. The first-order valence-corrected chi connectivity index (χ1v) is 8.35. The van der Waals surface area contributed by atoms with Crippen molar-refractivity contribution in [3.8, 4) is 5.75 Å². The molecule has 1 aliphatic rings. The molecule has 3 rings (SSSR count). The number of methoxy groups -OCH3 is 1. The highest BCUT2D eigenvalue weighted by molar-refractivity contribution is 5.99. The number of para-hydroxylation sites is 1. The number of ether oxygens (including phenoxy) is 2. The first-order valence-electron chi connectivity index (χ1n) is 8.35. The molecule has 0 saturated carbocycles. The van der Waals surface area contributed by atoms with E-state index in [9.17, 15) is 9.59 Å². The van der Waals surface area contributed by atoms with Gasteiger partial charge in [-0.15, -0.1) is 0 Å². The molecule has 0 spiro atoms. The molecule has 0 N–H and O–H groups in total. The molecule has 0 radical (unpaired) electrons. The average Bonchev–Trinajstić information content (AvgIpc) is 3.16.